The predicted octanol–water partition coefficient (Wildman–Crippen LogP) is 5.33. The highest BCUT2D eigenvalue weighted by atomic mass is 19.4. The van der Waals surface area contributed by atoms with Crippen LogP contribution in [0.5, 0.6) is 0 Å². The second-order valence-electron chi connectivity index (χ2n) is 10.4. The van der Waals surface area contributed by atoms with Crippen LogP contribution in [0.15, 0.2) is 24.3 Å². The molecule has 0 radical (unpaired) electrons. The zero-order chi connectivity index (χ0) is 23.9. The first-order valence-electron chi connectivity index (χ1n) is 12.4. The normalized spacial score (nSPS) is 24.5. The number of aryl methyl sites for hydroxylation is 2. The standard InChI is InChI=1S/C26H33F3N4O/c1-16-3-4-17(2)22(9-16)24-12-23(26(27,28)29)25(32-31-24)30-21-10-19-14-33(15-20(19)11-21)13-18-5-7-34-8-6-18/h3-4,9,12,18-21H,5-8,10-11,13-15H2,1-2H3,(H,30,32)/t19-,20-/m1/s1. The third kappa shape index (κ3) is 5.08. The molecule has 0 amide bonds. The molecular weight excluding hydrogens is 441 g/mol. The quantitative estimate of drug-likeness (QED) is 0.635. The van der Waals surface area contributed by atoms with Crippen molar-refractivity contribution in [3.05, 3.63) is 41.0 Å². The molecule has 1 saturated carbocycles. The van der Waals surface area contributed by atoms with Crippen LogP contribution >= 0.6 is 0 Å². The molecule has 2 atom stereocenters. The van der Waals surface area contributed by atoms with Gasteiger partial charge in [0.15, 0.2) is 5.82 Å². The maximum Gasteiger partial charge on any atom is 0.420 e. The Morgan fingerprint density at radius 1 is 1.03 bits per heavy atom. The predicted molar refractivity (Wildman–Crippen MR) is 126 cm³/mol. The number of rotatable bonds is 5. The van der Waals surface area contributed by atoms with Gasteiger partial charge in [0.25, 0.3) is 0 Å². The number of fused-ring (bicyclic) bond motifs is 1. The molecule has 0 spiro atoms. The van der Waals surface area contributed by atoms with Gasteiger partial charge in [0.2, 0.25) is 0 Å². The number of hydrogen-bond acceptors (Lipinski definition) is 5. The van der Waals surface area contributed by atoms with E-state index in [-0.39, 0.29) is 17.6 Å². The van der Waals surface area contributed by atoms with E-state index in [1.54, 1.807) is 0 Å². The number of benzene rings is 1. The third-order valence-corrected chi connectivity index (χ3v) is 7.79. The van der Waals surface area contributed by atoms with Crippen LogP contribution in [0.1, 0.15) is 42.4 Å². The molecule has 5 rings (SSSR count). The van der Waals surface area contributed by atoms with Gasteiger partial charge in [-0.25, -0.2) is 0 Å². The molecule has 1 N–H and O–H groups in total. The molecule has 34 heavy (non-hydrogen) atoms. The fourth-order valence-corrected chi connectivity index (χ4v) is 6.01. The molecule has 1 aromatic carbocycles. The third-order valence-electron chi connectivity index (χ3n) is 7.79. The minimum absolute atomic E-state index is 0.00202. The van der Waals surface area contributed by atoms with Crippen molar-refractivity contribution in [2.75, 3.05) is 38.2 Å². The maximum atomic E-state index is 14.0. The first-order chi connectivity index (χ1) is 16.3. The molecule has 2 aromatic rings. The number of nitrogens with one attached hydrogen (secondary N) is 1. The van der Waals surface area contributed by atoms with E-state index < -0.39 is 11.7 Å². The van der Waals surface area contributed by atoms with Crippen molar-refractivity contribution in [2.24, 2.45) is 17.8 Å². The molecule has 5 nitrogen and oxygen atoms in total. The molecule has 8 heteroatoms. The number of likely N-dealkylation sites (tertiary alicyclic amines) is 1. The van der Waals surface area contributed by atoms with Crippen molar-refractivity contribution in [2.45, 2.75) is 51.7 Å². The SMILES string of the molecule is Cc1ccc(C)c(-c2cc(C(F)(F)F)c(NC3C[C@@H]4CN(CC5CCOCC5)C[C@H]4C3)nn2)c1. The van der Waals surface area contributed by atoms with E-state index in [9.17, 15) is 13.2 Å². The summed E-state index contributed by atoms with van der Waals surface area (Å²) in [6.07, 6.45) is -0.473. The summed E-state index contributed by atoms with van der Waals surface area (Å²) in [4.78, 5) is 2.56. The van der Waals surface area contributed by atoms with Gasteiger partial charge in [0, 0.05) is 44.5 Å². The van der Waals surface area contributed by atoms with E-state index in [2.05, 4.69) is 20.4 Å². The topological polar surface area (TPSA) is 50.3 Å². The van der Waals surface area contributed by atoms with Crippen LogP contribution in [0.4, 0.5) is 19.0 Å². The molecule has 2 aliphatic heterocycles. The van der Waals surface area contributed by atoms with Crippen molar-refractivity contribution < 1.29 is 17.9 Å². The fourth-order valence-electron chi connectivity index (χ4n) is 6.01. The maximum absolute atomic E-state index is 14.0. The number of aromatic nitrogens is 2. The number of ether oxygens (including phenoxy) is 1. The van der Waals surface area contributed by atoms with Crippen LogP contribution in [0.25, 0.3) is 11.3 Å². The van der Waals surface area contributed by atoms with Crippen molar-refractivity contribution in [1.82, 2.24) is 15.1 Å². The minimum atomic E-state index is -4.50. The van der Waals surface area contributed by atoms with E-state index in [4.69, 9.17) is 4.74 Å². The lowest BCUT2D eigenvalue weighted by atomic mass is 10.00. The molecule has 0 bridgehead atoms. The zero-order valence-electron chi connectivity index (χ0n) is 19.9. The number of anilines is 1. The van der Waals surface area contributed by atoms with Gasteiger partial charge in [-0.1, -0.05) is 17.7 Å². The largest absolute Gasteiger partial charge is 0.420 e. The summed E-state index contributed by atoms with van der Waals surface area (Å²) < 4.78 is 47.4. The molecule has 1 aliphatic carbocycles. The monoisotopic (exact) mass is 474 g/mol. The number of hydrogen-bond donors (Lipinski definition) is 1. The van der Waals surface area contributed by atoms with Crippen LogP contribution in [-0.2, 0) is 10.9 Å². The summed E-state index contributed by atoms with van der Waals surface area (Å²) in [5.74, 6) is 1.63. The molecular formula is C26H33F3N4O. The zero-order valence-corrected chi connectivity index (χ0v) is 19.9. The molecule has 2 saturated heterocycles. The lowest BCUT2D eigenvalue weighted by Crippen LogP contribution is -2.32. The average Bonchev–Trinajstić information content (AvgIpc) is 3.33. The van der Waals surface area contributed by atoms with Crippen LogP contribution in [0, 0.1) is 31.6 Å². The van der Waals surface area contributed by atoms with E-state index in [1.165, 1.54) is 0 Å². The van der Waals surface area contributed by atoms with Crippen molar-refractivity contribution >= 4 is 5.82 Å². The van der Waals surface area contributed by atoms with Gasteiger partial charge in [-0.3, -0.25) is 0 Å². The summed E-state index contributed by atoms with van der Waals surface area (Å²) in [5, 5.41) is 11.3. The van der Waals surface area contributed by atoms with Gasteiger partial charge < -0.3 is 15.0 Å². The van der Waals surface area contributed by atoms with Gasteiger partial charge in [0.05, 0.1) is 5.69 Å². The van der Waals surface area contributed by atoms with E-state index in [0.29, 0.717) is 23.3 Å². The Bertz CT molecular complexity index is 1010. The first kappa shape index (κ1) is 23.5. The molecule has 0 unspecified atom stereocenters. The molecule has 184 valence electrons. The average molecular weight is 475 g/mol. The van der Waals surface area contributed by atoms with Gasteiger partial charge in [-0.15, -0.1) is 10.2 Å². The summed E-state index contributed by atoms with van der Waals surface area (Å²) in [6, 6.07) is 6.84. The Kier molecular flexibility index (Phi) is 6.55. The Morgan fingerprint density at radius 3 is 2.41 bits per heavy atom. The molecule has 1 aromatic heterocycles. The summed E-state index contributed by atoms with van der Waals surface area (Å²) in [6.45, 7) is 8.73. The van der Waals surface area contributed by atoms with Crippen LogP contribution < -0.4 is 5.32 Å². The highest BCUT2D eigenvalue weighted by Gasteiger charge is 2.43. The highest BCUT2D eigenvalue weighted by molar-refractivity contribution is 5.66. The second-order valence-corrected chi connectivity index (χ2v) is 10.4. The second kappa shape index (κ2) is 9.46. The van der Waals surface area contributed by atoms with Crippen molar-refractivity contribution in [1.29, 1.82) is 0 Å². The van der Waals surface area contributed by atoms with E-state index in [0.717, 1.165) is 75.7 Å². The molecule has 3 heterocycles. The lowest BCUT2D eigenvalue weighted by molar-refractivity contribution is -0.137. The summed E-state index contributed by atoms with van der Waals surface area (Å²) in [5.41, 5.74) is 2.05. The first-order valence-corrected chi connectivity index (χ1v) is 12.4. The van der Waals surface area contributed by atoms with Gasteiger partial charge in [-0.05, 0) is 75.0 Å². The number of alkyl halides is 3. The summed E-state index contributed by atoms with van der Waals surface area (Å²) in [7, 11) is 0. The fraction of sp³-hybridized carbons (Fsp3) is 0.615. The summed E-state index contributed by atoms with van der Waals surface area (Å²) >= 11 is 0. The van der Waals surface area contributed by atoms with Crippen LogP contribution in [-0.4, -0.2) is 54.0 Å². The Labute approximate surface area is 199 Å². The Morgan fingerprint density at radius 2 is 1.74 bits per heavy atom. The highest BCUT2D eigenvalue weighted by Crippen LogP contribution is 2.42. The van der Waals surface area contributed by atoms with Gasteiger partial charge >= 0.3 is 6.18 Å². The van der Waals surface area contributed by atoms with E-state index >= 15 is 0 Å². The van der Waals surface area contributed by atoms with Gasteiger partial charge in [0.1, 0.15) is 5.56 Å². The van der Waals surface area contributed by atoms with Crippen LogP contribution in [0.2, 0.25) is 0 Å². The number of nitrogens with zero attached hydrogens (tertiary/aromatic N) is 3. The number of halogens is 3. The van der Waals surface area contributed by atoms with Gasteiger partial charge in [-0.2, -0.15) is 13.2 Å². The Balaban J connectivity index is 1.26. The Hall–Kier alpha value is -2.19. The smallest absolute Gasteiger partial charge is 0.381 e. The van der Waals surface area contributed by atoms with Crippen LogP contribution in [0.3, 0.4) is 0 Å². The molecule has 3 aliphatic rings. The van der Waals surface area contributed by atoms with Crippen molar-refractivity contribution in [3.8, 4) is 11.3 Å². The lowest BCUT2D eigenvalue weighted by Gasteiger charge is -2.28. The van der Waals surface area contributed by atoms with E-state index in [1.807, 2.05) is 32.0 Å². The van der Waals surface area contributed by atoms with Crippen molar-refractivity contribution in [3.63, 3.8) is 0 Å². The minimum Gasteiger partial charge on any atom is -0.381 e. The molecule has 3 fully saturated rings.